The van der Waals surface area contributed by atoms with Crippen molar-refractivity contribution in [3.8, 4) is 0 Å². The molecule has 1 aliphatic heterocycles. The molecule has 11 heteroatoms. The van der Waals surface area contributed by atoms with Gasteiger partial charge < -0.3 is 15.2 Å². The Balaban J connectivity index is 1.71. The zero-order chi connectivity index (χ0) is 23.2. The Labute approximate surface area is 180 Å². The Hall–Kier alpha value is -3.50. The van der Waals surface area contributed by atoms with E-state index in [4.69, 9.17) is 5.73 Å². The fraction of sp³-hybridized carbons (Fsp3) is 0.381. The third-order valence-corrected chi connectivity index (χ3v) is 5.61. The van der Waals surface area contributed by atoms with Crippen molar-refractivity contribution in [1.29, 1.82) is 0 Å². The summed E-state index contributed by atoms with van der Waals surface area (Å²) in [6.45, 7) is 2.16. The summed E-state index contributed by atoms with van der Waals surface area (Å²) in [5.41, 5.74) is 4.83. The molecule has 1 aliphatic rings. The highest BCUT2D eigenvalue weighted by Gasteiger charge is 2.36. The van der Waals surface area contributed by atoms with E-state index in [1.165, 1.54) is 23.8 Å². The minimum absolute atomic E-state index is 0.116. The summed E-state index contributed by atoms with van der Waals surface area (Å²) < 4.78 is 42.8. The fourth-order valence-electron chi connectivity index (χ4n) is 3.99. The van der Waals surface area contributed by atoms with E-state index in [0.717, 1.165) is 6.07 Å². The minimum atomic E-state index is -4.67. The van der Waals surface area contributed by atoms with Crippen molar-refractivity contribution in [2.24, 2.45) is 7.05 Å². The van der Waals surface area contributed by atoms with Crippen molar-refractivity contribution < 1.29 is 18.0 Å². The Kier molecular flexibility index (Phi) is 5.35. The van der Waals surface area contributed by atoms with Gasteiger partial charge in [-0.05, 0) is 31.9 Å². The molecular weight excluding hydrogens is 425 g/mol. The fourth-order valence-corrected chi connectivity index (χ4v) is 3.99. The smallest absolute Gasteiger partial charge is 0.383 e. The first-order valence-electron chi connectivity index (χ1n) is 10.0. The number of amides is 1. The molecule has 4 rings (SSSR count). The van der Waals surface area contributed by atoms with E-state index in [0.29, 0.717) is 19.4 Å². The van der Waals surface area contributed by atoms with Crippen LogP contribution in [0.3, 0.4) is 0 Å². The Morgan fingerprint density at radius 2 is 1.97 bits per heavy atom. The predicted octanol–water partition coefficient (Wildman–Crippen LogP) is 2.65. The first-order chi connectivity index (χ1) is 15.0. The van der Waals surface area contributed by atoms with Gasteiger partial charge in [0.05, 0.1) is 10.9 Å². The molecule has 4 heterocycles. The van der Waals surface area contributed by atoms with Gasteiger partial charge in [0.15, 0.2) is 5.65 Å². The summed E-state index contributed by atoms with van der Waals surface area (Å²) in [6.07, 6.45) is -2.01. The molecule has 1 saturated heterocycles. The molecule has 1 amide bonds. The van der Waals surface area contributed by atoms with Crippen molar-refractivity contribution >= 4 is 22.8 Å². The van der Waals surface area contributed by atoms with Crippen molar-refractivity contribution in [2.75, 3.05) is 18.8 Å². The lowest BCUT2D eigenvalue weighted by molar-refractivity contribution is -0.136. The van der Waals surface area contributed by atoms with Gasteiger partial charge in [-0.15, -0.1) is 0 Å². The second-order valence-electron chi connectivity index (χ2n) is 7.90. The average molecular weight is 446 g/mol. The molecule has 8 nitrogen and oxygen atoms in total. The van der Waals surface area contributed by atoms with E-state index < -0.39 is 17.7 Å². The van der Waals surface area contributed by atoms with Crippen LogP contribution in [-0.2, 0) is 13.2 Å². The van der Waals surface area contributed by atoms with Crippen LogP contribution in [0.15, 0.2) is 29.2 Å². The number of hydrogen-bond donors (Lipinski definition) is 1. The van der Waals surface area contributed by atoms with Crippen molar-refractivity contribution in [3.63, 3.8) is 0 Å². The van der Waals surface area contributed by atoms with E-state index in [2.05, 4.69) is 15.0 Å². The second-order valence-corrected chi connectivity index (χ2v) is 7.90. The molecule has 32 heavy (non-hydrogen) atoms. The minimum Gasteiger partial charge on any atom is -0.383 e. The molecule has 1 unspecified atom stereocenters. The zero-order valence-corrected chi connectivity index (χ0v) is 17.5. The van der Waals surface area contributed by atoms with Gasteiger partial charge in [0.2, 0.25) is 0 Å². The van der Waals surface area contributed by atoms with Crippen LogP contribution in [0.5, 0.6) is 0 Å². The van der Waals surface area contributed by atoms with Crippen molar-refractivity contribution in [2.45, 2.75) is 31.9 Å². The summed E-state index contributed by atoms with van der Waals surface area (Å²) in [5, 5.41) is -0.323. The number of nitrogens with two attached hydrogens (primary N) is 1. The number of nitrogens with zero attached hydrogens (tertiary/aromatic N) is 5. The van der Waals surface area contributed by atoms with Crippen molar-refractivity contribution in [3.05, 3.63) is 57.4 Å². The Morgan fingerprint density at radius 3 is 2.66 bits per heavy atom. The molecular formula is C21H21F3N6O2. The molecule has 2 N–H and O–H groups in total. The number of rotatable bonds is 2. The zero-order valence-electron chi connectivity index (χ0n) is 17.5. The molecule has 3 aromatic heterocycles. The lowest BCUT2D eigenvalue weighted by atomic mass is 9.92. The van der Waals surface area contributed by atoms with E-state index in [1.807, 2.05) is 0 Å². The van der Waals surface area contributed by atoms with Crippen LogP contribution >= 0.6 is 0 Å². The Bertz CT molecular complexity index is 1270. The molecule has 1 fully saturated rings. The van der Waals surface area contributed by atoms with Gasteiger partial charge in [0.25, 0.3) is 11.5 Å². The highest BCUT2D eigenvalue weighted by molar-refractivity contribution is 5.94. The summed E-state index contributed by atoms with van der Waals surface area (Å²) in [6, 6.07) is 3.78. The number of carbonyl (C=O) groups is 1. The van der Waals surface area contributed by atoms with E-state index in [-0.39, 0.29) is 51.9 Å². The maximum absolute atomic E-state index is 13.8. The number of fused-ring (bicyclic) bond motifs is 1. The number of anilines is 1. The molecule has 0 spiro atoms. The number of alkyl halides is 3. The van der Waals surface area contributed by atoms with Gasteiger partial charge in [0.1, 0.15) is 11.6 Å². The molecule has 3 aromatic rings. The van der Waals surface area contributed by atoms with Gasteiger partial charge in [-0.1, -0.05) is 0 Å². The molecule has 1 atom stereocenters. The van der Waals surface area contributed by atoms with Crippen LogP contribution in [0.2, 0.25) is 0 Å². The molecule has 0 aliphatic carbocycles. The number of nitrogen functional groups attached to an aromatic ring is 1. The topological polar surface area (TPSA) is 107 Å². The molecule has 0 saturated carbocycles. The van der Waals surface area contributed by atoms with E-state index >= 15 is 0 Å². The van der Waals surface area contributed by atoms with Crippen LogP contribution in [0.1, 0.15) is 46.2 Å². The second kappa shape index (κ2) is 7.88. The van der Waals surface area contributed by atoms with E-state index in [1.54, 1.807) is 18.0 Å². The summed E-state index contributed by atoms with van der Waals surface area (Å²) in [4.78, 5) is 38.6. The number of aryl methyl sites for hydroxylation is 2. The Morgan fingerprint density at radius 1 is 1.22 bits per heavy atom. The standard InChI is InChI=1S/C21H21F3N6O2/c1-11-26-18(25)17-14(21(22,23)24)9-15(28-19(17)27-11)13-4-3-6-30(10-13)20(32)12-5-7-29(2)16(31)8-12/h5,7-9,13H,3-4,6,10H2,1-2H3,(H2,25,26,27,28). The normalized spacial score (nSPS) is 17.0. The van der Waals surface area contributed by atoms with Crippen LogP contribution < -0.4 is 11.3 Å². The third-order valence-electron chi connectivity index (χ3n) is 5.61. The van der Waals surface area contributed by atoms with Crippen LogP contribution in [0.4, 0.5) is 19.0 Å². The predicted molar refractivity (Wildman–Crippen MR) is 111 cm³/mol. The lowest BCUT2D eigenvalue weighted by Gasteiger charge is -2.33. The molecule has 0 bridgehead atoms. The van der Waals surface area contributed by atoms with Gasteiger partial charge in [-0.25, -0.2) is 15.0 Å². The summed E-state index contributed by atoms with van der Waals surface area (Å²) in [5.74, 6) is -0.809. The van der Waals surface area contributed by atoms with Gasteiger partial charge >= 0.3 is 6.18 Å². The number of carbonyl (C=O) groups excluding carboxylic acids is 1. The number of halogens is 3. The highest BCUT2D eigenvalue weighted by atomic mass is 19.4. The third kappa shape index (κ3) is 4.02. The summed E-state index contributed by atoms with van der Waals surface area (Å²) in [7, 11) is 1.58. The monoisotopic (exact) mass is 446 g/mol. The highest BCUT2D eigenvalue weighted by Crippen LogP contribution is 2.38. The van der Waals surface area contributed by atoms with Gasteiger partial charge in [0, 0.05) is 49.6 Å². The number of aromatic nitrogens is 4. The SMILES string of the molecule is Cc1nc(N)c2c(C(F)(F)F)cc(C3CCCN(C(=O)c4ccn(C)c(=O)c4)C3)nc2n1. The molecule has 0 radical (unpaired) electrons. The van der Waals surface area contributed by atoms with Crippen LogP contribution in [0.25, 0.3) is 11.0 Å². The maximum atomic E-state index is 13.8. The maximum Gasteiger partial charge on any atom is 0.417 e. The van der Waals surface area contributed by atoms with E-state index in [9.17, 15) is 22.8 Å². The lowest BCUT2D eigenvalue weighted by Crippen LogP contribution is -2.39. The van der Waals surface area contributed by atoms with Crippen LogP contribution in [0, 0.1) is 6.92 Å². The molecule has 168 valence electrons. The number of piperidine rings is 1. The number of likely N-dealkylation sites (tertiary alicyclic amines) is 1. The first-order valence-corrected chi connectivity index (χ1v) is 10.0. The number of pyridine rings is 2. The van der Waals surface area contributed by atoms with Crippen molar-refractivity contribution in [1.82, 2.24) is 24.4 Å². The van der Waals surface area contributed by atoms with Crippen LogP contribution in [-0.4, -0.2) is 43.4 Å². The first kappa shape index (κ1) is 21.7. The largest absolute Gasteiger partial charge is 0.417 e. The summed E-state index contributed by atoms with van der Waals surface area (Å²) >= 11 is 0. The van der Waals surface area contributed by atoms with Gasteiger partial charge in [-0.3, -0.25) is 9.59 Å². The average Bonchev–Trinajstić information content (AvgIpc) is 2.73. The molecule has 0 aromatic carbocycles. The number of hydrogen-bond acceptors (Lipinski definition) is 6. The van der Waals surface area contributed by atoms with Gasteiger partial charge in [-0.2, -0.15) is 13.2 Å². The quantitative estimate of drug-likeness (QED) is 0.649.